The molecule has 0 spiro atoms. The Hall–Kier alpha value is -1.01. The molecule has 0 bridgehead atoms. The van der Waals surface area contributed by atoms with E-state index in [4.69, 9.17) is 5.11 Å². The molecular weight excluding hydrogens is 264 g/mol. The molecule has 0 atom stereocenters. The van der Waals surface area contributed by atoms with E-state index in [1.165, 1.54) is 12.3 Å². The van der Waals surface area contributed by atoms with E-state index in [0.29, 0.717) is 10.2 Å². The van der Waals surface area contributed by atoms with Crippen LogP contribution in [0.3, 0.4) is 0 Å². The Morgan fingerprint density at radius 2 is 2.27 bits per heavy atom. The Labute approximate surface area is 95.4 Å². The van der Waals surface area contributed by atoms with Gasteiger partial charge >= 0.3 is 0 Å². The number of hydrogen-bond acceptors (Lipinski definition) is 4. The number of aliphatic hydroxyl groups excluding tert-OH is 1. The summed E-state index contributed by atoms with van der Waals surface area (Å²) in [7, 11) is 0. The highest BCUT2D eigenvalue weighted by atomic mass is 79.9. The van der Waals surface area contributed by atoms with Crippen LogP contribution in [0.5, 0.6) is 0 Å². The van der Waals surface area contributed by atoms with Gasteiger partial charge in [-0.2, -0.15) is 0 Å². The second-order valence-corrected chi connectivity index (χ2v) is 4.74. The second kappa shape index (κ2) is 4.24. The first kappa shape index (κ1) is 12.1. The van der Waals surface area contributed by atoms with E-state index in [-0.39, 0.29) is 12.3 Å². The lowest BCUT2D eigenvalue weighted by atomic mass is 9.89. The minimum Gasteiger partial charge on any atom is -0.395 e. The van der Waals surface area contributed by atoms with E-state index in [2.05, 4.69) is 20.9 Å². The van der Waals surface area contributed by atoms with Gasteiger partial charge < -0.3 is 5.11 Å². The molecule has 0 unspecified atom stereocenters. The van der Waals surface area contributed by atoms with Crippen molar-refractivity contribution in [3.63, 3.8) is 0 Å². The molecule has 0 aliphatic heterocycles. The average Bonchev–Trinajstić information content (AvgIpc) is 2.17. The average molecular weight is 275 g/mol. The van der Waals surface area contributed by atoms with Gasteiger partial charge in [-0.1, -0.05) is 13.8 Å². The molecule has 1 aromatic heterocycles. The van der Waals surface area contributed by atoms with Crippen molar-refractivity contribution < 1.29 is 10.0 Å². The van der Waals surface area contributed by atoms with Gasteiger partial charge in [-0.25, -0.2) is 0 Å². The predicted octanol–water partition coefficient (Wildman–Crippen LogP) is 2.02. The molecule has 0 saturated heterocycles. The summed E-state index contributed by atoms with van der Waals surface area (Å²) in [5.74, 6) is 0. The van der Waals surface area contributed by atoms with Crippen LogP contribution in [0.15, 0.2) is 16.7 Å². The smallest absolute Gasteiger partial charge is 0.292 e. The van der Waals surface area contributed by atoms with Crippen LogP contribution in [-0.2, 0) is 5.41 Å². The molecule has 1 heterocycles. The topological polar surface area (TPSA) is 76.3 Å². The quantitative estimate of drug-likeness (QED) is 0.676. The first-order valence-corrected chi connectivity index (χ1v) is 5.09. The van der Waals surface area contributed by atoms with Crippen molar-refractivity contribution >= 4 is 21.6 Å². The Morgan fingerprint density at radius 1 is 1.67 bits per heavy atom. The van der Waals surface area contributed by atoms with Crippen molar-refractivity contribution in [2.24, 2.45) is 0 Å². The van der Waals surface area contributed by atoms with Crippen LogP contribution >= 0.6 is 15.9 Å². The van der Waals surface area contributed by atoms with Crippen LogP contribution in [0.1, 0.15) is 19.5 Å². The van der Waals surface area contributed by atoms with Crippen molar-refractivity contribution in [2.45, 2.75) is 19.3 Å². The highest BCUT2D eigenvalue weighted by molar-refractivity contribution is 9.10. The number of nitro groups is 1. The van der Waals surface area contributed by atoms with E-state index in [9.17, 15) is 10.1 Å². The van der Waals surface area contributed by atoms with E-state index in [1.54, 1.807) is 13.8 Å². The van der Waals surface area contributed by atoms with Gasteiger partial charge in [0.15, 0.2) is 0 Å². The maximum atomic E-state index is 10.8. The molecule has 0 aliphatic rings. The number of nitrogens with zero attached hydrogens (tertiary/aromatic N) is 2. The van der Waals surface area contributed by atoms with Gasteiger partial charge in [-0.15, -0.1) is 0 Å². The summed E-state index contributed by atoms with van der Waals surface area (Å²) < 4.78 is 0.548. The number of halogens is 1. The SMILES string of the molecule is CC(C)(CO)c1ncc(Br)cc1[N+](=O)[O-]. The Bertz CT molecular complexity index is 393. The molecule has 0 amide bonds. The lowest BCUT2D eigenvalue weighted by Crippen LogP contribution is -2.24. The number of aliphatic hydroxyl groups is 1. The van der Waals surface area contributed by atoms with Crippen molar-refractivity contribution in [1.29, 1.82) is 0 Å². The molecule has 1 aromatic rings. The van der Waals surface area contributed by atoms with Crippen molar-refractivity contribution in [3.8, 4) is 0 Å². The first-order valence-electron chi connectivity index (χ1n) is 4.30. The fourth-order valence-electron chi connectivity index (χ4n) is 1.16. The lowest BCUT2D eigenvalue weighted by Gasteiger charge is -2.20. The van der Waals surface area contributed by atoms with Crippen molar-refractivity contribution in [1.82, 2.24) is 4.98 Å². The molecule has 0 aliphatic carbocycles. The molecule has 0 radical (unpaired) electrons. The second-order valence-electron chi connectivity index (χ2n) is 3.82. The van der Waals surface area contributed by atoms with Gasteiger partial charge in [0.25, 0.3) is 5.69 Å². The molecule has 5 nitrogen and oxygen atoms in total. The minimum atomic E-state index is -0.719. The first-order chi connectivity index (χ1) is 6.88. The lowest BCUT2D eigenvalue weighted by molar-refractivity contribution is -0.386. The third-order valence-corrected chi connectivity index (χ3v) is 2.50. The Balaban J connectivity index is 3.35. The predicted molar refractivity (Wildman–Crippen MR) is 58.7 cm³/mol. The van der Waals surface area contributed by atoms with Crippen LogP contribution in [-0.4, -0.2) is 21.6 Å². The maximum absolute atomic E-state index is 10.8. The summed E-state index contributed by atoms with van der Waals surface area (Å²) in [5.41, 5.74) is -0.509. The third kappa shape index (κ3) is 2.51. The summed E-state index contributed by atoms with van der Waals surface area (Å²) in [6, 6.07) is 1.39. The number of pyridine rings is 1. The normalized spacial score (nSPS) is 11.5. The van der Waals surface area contributed by atoms with Gasteiger partial charge in [0, 0.05) is 22.2 Å². The zero-order chi connectivity index (χ0) is 11.6. The highest BCUT2D eigenvalue weighted by Gasteiger charge is 2.30. The van der Waals surface area contributed by atoms with Gasteiger partial charge in [0.2, 0.25) is 0 Å². The van der Waals surface area contributed by atoms with Gasteiger partial charge in [-0.05, 0) is 15.9 Å². The largest absolute Gasteiger partial charge is 0.395 e. The van der Waals surface area contributed by atoms with E-state index in [1.807, 2.05) is 0 Å². The third-order valence-electron chi connectivity index (χ3n) is 2.07. The van der Waals surface area contributed by atoms with Crippen LogP contribution in [0.25, 0.3) is 0 Å². The van der Waals surface area contributed by atoms with Gasteiger partial charge in [0.1, 0.15) is 5.69 Å². The Kier molecular flexibility index (Phi) is 3.41. The summed E-state index contributed by atoms with van der Waals surface area (Å²) in [6.07, 6.45) is 1.49. The van der Waals surface area contributed by atoms with E-state index >= 15 is 0 Å². The maximum Gasteiger partial charge on any atom is 0.292 e. The van der Waals surface area contributed by atoms with E-state index in [0.717, 1.165) is 0 Å². The van der Waals surface area contributed by atoms with E-state index < -0.39 is 10.3 Å². The zero-order valence-electron chi connectivity index (χ0n) is 8.40. The molecule has 1 rings (SSSR count). The molecule has 0 aromatic carbocycles. The van der Waals surface area contributed by atoms with Crippen molar-refractivity contribution in [3.05, 3.63) is 32.5 Å². The van der Waals surface area contributed by atoms with Crippen LogP contribution < -0.4 is 0 Å². The summed E-state index contributed by atoms with van der Waals surface area (Å²) in [6.45, 7) is 3.22. The zero-order valence-corrected chi connectivity index (χ0v) is 9.98. The number of aromatic nitrogens is 1. The highest BCUT2D eigenvalue weighted by Crippen LogP contribution is 2.30. The molecule has 82 valence electrons. The van der Waals surface area contributed by atoms with Crippen LogP contribution in [0, 0.1) is 10.1 Å². The van der Waals surface area contributed by atoms with Crippen molar-refractivity contribution in [2.75, 3.05) is 6.61 Å². The summed E-state index contributed by atoms with van der Waals surface area (Å²) >= 11 is 3.12. The fraction of sp³-hybridized carbons (Fsp3) is 0.444. The standard InChI is InChI=1S/C9H11BrN2O3/c1-9(2,5-13)8-7(12(14)15)3-6(10)4-11-8/h3-4,13H,5H2,1-2H3. The summed E-state index contributed by atoms with van der Waals surface area (Å²) in [4.78, 5) is 14.3. The fourth-order valence-corrected chi connectivity index (χ4v) is 1.48. The molecule has 6 heteroatoms. The van der Waals surface area contributed by atoms with Gasteiger partial charge in [-0.3, -0.25) is 15.1 Å². The molecule has 15 heavy (non-hydrogen) atoms. The van der Waals surface area contributed by atoms with Crippen LogP contribution in [0.2, 0.25) is 0 Å². The molecule has 1 N–H and O–H groups in total. The number of rotatable bonds is 3. The van der Waals surface area contributed by atoms with Gasteiger partial charge in [0.05, 0.1) is 11.5 Å². The minimum absolute atomic E-state index is 0.0802. The Morgan fingerprint density at radius 3 is 2.73 bits per heavy atom. The molecule has 0 fully saturated rings. The molecule has 0 saturated carbocycles. The number of hydrogen-bond donors (Lipinski definition) is 1. The molecular formula is C9H11BrN2O3. The van der Waals surface area contributed by atoms with Crippen LogP contribution in [0.4, 0.5) is 5.69 Å². The monoisotopic (exact) mass is 274 g/mol. The summed E-state index contributed by atoms with van der Waals surface area (Å²) in [5, 5.41) is 19.9.